The van der Waals surface area contributed by atoms with Gasteiger partial charge in [-0.25, -0.2) is 0 Å². The predicted octanol–water partition coefficient (Wildman–Crippen LogP) is 3.86. The summed E-state index contributed by atoms with van der Waals surface area (Å²) < 4.78 is 0. The Bertz CT molecular complexity index is 401. The highest BCUT2D eigenvalue weighted by Gasteiger charge is 2.20. The molecule has 0 saturated heterocycles. The van der Waals surface area contributed by atoms with E-state index < -0.39 is 0 Å². The highest BCUT2D eigenvalue weighted by atomic mass is 32.2. The Morgan fingerprint density at radius 1 is 1.53 bits per heavy atom. The van der Waals surface area contributed by atoms with Crippen molar-refractivity contribution in [3.8, 4) is 0 Å². The van der Waals surface area contributed by atoms with Crippen molar-refractivity contribution in [3.63, 3.8) is 0 Å². The van der Waals surface area contributed by atoms with Crippen LogP contribution in [0.5, 0.6) is 0 Å². The van der Waals surface area contributed by atoms with Crippen LogP contribution < -0.4 is 11.1 Å². The fraction of sp³-hybridized carbons (Fsp3) is 0.583. The topological polar surface area (TPSA) is 55.1 Å². The molecular formula is C12H20N2OS2. The molecule has 5 heteroatoms. The Labute approximate surface area is 111 Å². The van der Waals surface area contributed by atoms with Crippen LogP contribution in [0.25, 0.3) is 0 Å². The van der Waals surface area contributed by atoms with Crippen LogP contribution in [0.2, 0.25) is 0 Å². The third kappa shape index (κ3) is 3.16. The average molecular weight is 272 g/mol. The summed E-state index contributed by atoms with van der Waals surface area (Å²) in [6.07, 6.45) is 3.53. The van der Waals surface area contributed by atoms with Crippen LogP contribution >= 0.6 is 23.1 Å². The van der Waals surface area contributed by atoms with E-state index in [1.54, 1.807) is 11.8 Å². The van der Waals surface area contributed by atoms with Crippen molar-refractivity contribution in [1.29, 1.82) is 0 Å². The van der Waals surface area contributed by atoms with E-state index in [-0.39, 0.29) is 5.78 Å². The average Bonchev–Trinajstić information content (AvgIpc) is 2.64. The van der Waals surface area contributed by atoms with Crippen molar-refractivity contribution >= 4 is 39.6 Å². The molecule has 0 aliphatic rings. The maximum absolute atomic E-state index is 11.8. The van der Waals surface area contributed by atoms with Crippen molar-refractivity contribution in [2.75, 3.05) is 17.3 Å². The molecule has 0 saturated carbocycles. The largest absolute Gasteiger partial charge is 0.396 e. The van der Waals surface area contributed by atoms with Gasteiger partial charge in [0.2, 0.25) is 0 Å². The van der Waals surface area contributed by atoms with Crippen LogP contribution in [0.1, 0.15) is 43.3 Å². The summed E-state index contributed by atoms with van der Waals surface area (Å²) in [6, 6.07) is 0.392. The lowest BCUT2D eigenvalue weighted by atomic mass is 10.2. The molecule has 0 amide bonds. The summed E-state index contributed by atoms with van der Waals surface area (Å²) in [6.45, 7) is 6.12. The second-order valence-electron chi connectivity index (χ2n) is 3.94. The zero-order valence-electron chi connectivity index (χ0n) is 10.8. The number of nitrogens with one attached hydrogen (secondary N) is 1. The number of nitrogens with two attached hydrogens (primary N) is 1. The van der Waals surface area contributed by atoms with Crippen molar-refractivity contribution in [3.05, 3.63) is 4.88 Å². The van der Waals surface area contributed by atoms with Gasteiger partial charge in [-0.2, -0.15) is 0 Å². The quantitative estimate of drug-likeness (QED) is 0.610. The Morgan fingerprint density at radius 2 is 2.18 bits per heavy atom. The highest BCUT2D eigenvalue weighted by molar-refractivity contribution is 7.99. The molecule has 17 heavy (non-hydrogen) atoms. The zero-order chi connectivity index (χ0) is 13.0. The van der Waals surface area contributed by atoms with Crippen LogP contribution in [0.3, 0.4) is 0 Å². The SMILES string of the molecule is CCC(=O)c1sc(NC(C)CC)c(SC)c1N. The van der Waals surface area contributed by atoms with Crippen LogP contribution in [-0.4, -0.2) is 18.1 Å². The number of ketones is 1. The van der Waals surface area contributed by atoms with Crippen molar-refractivity contribution in [2.24, 2.45) is 0 Å². The summed E-state index contributed by atoms with van der Waals surface area (Å²) in [7, 11) is 0. The number of carbonyl (C=O) groups is 1. The maximum Gasteiger partial charge on any atom is 0.174 e. The maximum atomic E-state index is 11.8. The van der Waals surface area contributed by atoms with Gasteiger partial charge < -0.3 is 11.1 Å². The van der Waals surface area contributed by atoms with E-state index in [9.17, 15) is 4.79 Å². The molecule has 0 aromatic carbocycles. The minimum absolute atomic E-state index is 0.125. The molecule has 0 fully saturated rings. The van der Waals surface area contributed by atoms with Gasteiger partial charge in [0.05, 0.1) is 15.5 Å². The number of anilines is 2. The first-order valence-electron chi connectivity index (χ1n) is 5.81. The number of rotatable bonds is 6. The fourth-order valence-electron chi connectivity index (χ4n) is 1.42. The van der Waals surface area contributed by atoms with E-state index in [2.05, 4.69) is 19.2 Å². The third-order valence-electron chi connectivity index (χ3n) is 2.67. The number of Topliss-reactive ketones (excluding diaryl/α,β-unsaturated/α-hetero) is 1. The van der Waals surface area contributed by atoms with Gasteiger partial charge in [0.15, 0.2) is 5.78 Å². The lowest BCUT2D eigenvalue weighted by molar-refractivity contribution is 0.0992. The molecule has 0 aliphatic carbocycles. The molecule has 1 atom stereocenters. The number of thiophene rings is 1. The first-order chi connectivity index (χ1) is 8.04. The van der Waals surface area contributed by atoms with Gasteiger partial charge in [-0.15, -0.1) is 23.1 Å². The summed E-state index contributed by atoms with van der Waals surface area (Å²) in [4.78, 5) is 13.5. The van der Waals surface area contributed by atoms with Crippen molar-refractivity contribution in [2.45, 2.75) is 44.6 Å². The van der Waals surface area contributed by atoms with Gasteiger partial charge in [0, 0.05) is 12.5 Å². The Kier molecular flexibility index (Phi) is 5.33. The highest BCUT2D eigenvalue weighted by Crippen LogP contribution is 2.42. The summed E-state index contributed by atoms with van der Waals surface area (Å²) in [5.74, 6) is 0.125. The predicted molar refractivity (Wildman–Crippen MR) is 78.5 cm³/mol. The lowest BCUT2D eigenvalue weighted by Crippen LogP contribution is -2.12. The van der Waals surface area contributed by atoms with Crippen LogP contribution in [0, 0.1) is 0 Å². The number of carbonyl (C=O) groups excluding carboxylic acids is 1. The van der Waals surface area contributed by atoms with E-state index in [1.165, 1.54) is 11.3 Å². The summed E-state index contributed by atoms with van der Waals surface area (Å²) >= 11 is 3.07. The van der Waals surface area contributed by atoms with E-state index in [0.717, 1.165) is 16.3 Å². The van der Waals surface area contributed by atoms with E-state index in [1.807, 2.05) is 13.2 Å². The molecule has 1 aromatic rings. The molecule has 1 rings (SSSR count). The fourth-order valence-corrected chi connectivity index (χ4v) is 3.56. The van der Waals surface area contributed by atoms with Crippen LogP contribution in [-0.2, 0) is 0 Å². The Hall–Kier alpha value is -0.680. The summed E-state index contributed by atoms with van der Waals surface area (Å²) in [5.41, 5.74) is 6.68. The number of hydrogen-bond donors (Lipinski definition) is 2. The van der Waals surface area contributed by atoms with Crippen molar-refractivity contribution < 1.29 is 4.79 Å². The lowest BCUT2D eigenvalue weighted by Gasteiger charge is -2.12. The van der Waals surface area contributed by atoms with Crippen LogP contribution in [0.15, 0.2) is 4.90 Å². The molecule has 0 radical (unpaired) electrons. The normalized spacial score (nSPS) is 12.5. The molecular weight excluding hydrogens is 252 g/mol. The molecule has 0 spiro atoms. The van der Waals surface area contributed by atoms with E-state index >= 15 is 0 Å². The molecule has 3 N–H and O–H groups in total. The van der Waals surface area contributed by atoms with E-state index in [0.29, 0.717) is 23.0 Å². The molecule has 1 unspecified atom stereocenters. The molecule has 96 valence electrons. The van der Waals surface area contributed by atoms with E-state index in [4.69, 9.17) is 5.73 Å². The number of thioether (sulfide) groups is 1. The summed E-state index contributed by atoms with van der Waals surface area (Å²) in [5, 5.41) is 4.45. The molecule has 1 aromatic heterocycles. The van der Waals surface area contributed by atoms with Gasteiger partial charge in [0.25, 0.3) is 0 Å². The third-order valence-corrected chi connectivity index (χ3v) is 4.81. The second kappa shape index (κ2) is 6.31. The minimum atomic E-state index is 0.125. The first kappa shape index (κ1) is 14.4. The molecule has 1 heterocycles. The smallest absolute Gasteiger partial charge is 0.174 e. The molecule has 0 bridgehead atoms. The minimum Gasteiger partial charge on any atom is -0.396 e. The Morgan fingerprint density at radius 3 is 2.65 bits per heavy atom. The van der Waals surface area contributed by atoms with Gasteiger partial charge in [-0.1, -0.05) is 13.8 Å². The molecule has 3 nitrogen and oxygen atoms in total. The molecule has 0 aliphatic heterocycles. The standard InChI is InChI=1S/C12H20N2OS2/c1-5-7(3)14-12-11(16-4)9(13)10(17-12)8(15)6-2/h7,14H,5-6,13H2,1-4H3. The monoisotopic (exact) mass is 272 g/mol. The second-order valence-corrected chi connectivity index (χ2v) is 5.77. The Balaban J connectivity index is 3.09. The van der Waals surface area contributed by atoms with Gasteiger partial charge >= 0.3 is 0 Å². The van der Waals surface area contributed by atoms with Gasteiger partial charge in [-0.05, 0) is 19.6 Å². The number of nitrogen functional groups attached to an aromatic ring is 1. The first-order valence-corrected chi connectivity index (χ1v) is 7.85. The van der Waals surface area contributed by atoms with Crippen LogP contribution in [0.4, 0.5) is 10.7 Å². The van der Waals surface area contributed by atoms with Gasteiger partial charge in [-0.3, -0.25) is 4.79 Å². The van der Waals surface area contributed by atoms with Crippen molar-refractivity contribution in [1.82, 2.24) is 0 Å². The number of hydrogen-bond acceptors (Lipinski definition) is 5. The van der Waals surface area contributed by atoms with Gasteiger partial charge in [0.1, 0.15) is 5.00 Å². The zero-order valence-corrected chi connectivity index (χ0v) is 12.4.